The normalized spacial score (nSPS) is 11.9. The first-order valence-corrected chi connectivity index (χ1v) is 7.77. The third kappa shape index (κ3) is 4.61. The van der Waals surface area contributed by atoms with Gasteiger partial charge in [-0.2, -0.15) is 18.3 Å². The maximum atomic E-state index is 12.3. The van der Waals surface area contributed by atoms with E-state index in [1.807, 2.05) is 6.92 Å². The van der Waals surface area contributed by atoms with E-state index < -0.39 is 5.51 Å². The van der Waals surface area contributed by atoms with Crippen molar-refractivity contribution in [3.63, 3.8) is 0 Å². The molecule has 1 aromatic carbocycles. The first kappa shape index (κ1) is 17.6. The molecule has 1 heterocycles. The largest absolute Gasteiger partial charge is 0.446 e. The molecule has 5 nitrogen and oxygen atoms in total. The summed E-state index contributed by atoms with van der Waals surface area (Å²) in [7, 11) is 0. The monoisotopic (exact) mass is 347 g/mol. The first-order chi connectivity index (χ1) is 10.8. The molecule has 1 aromatic heterocycles. The highest BCUT2D eigenvalue weighted by Gasteiger charge is 2.29. The van der Waals surface area contributed by atoms with E-state index >= 15 is 0 Å². The lowest BCUT2D eigenvalue weighted by molar-refractivity contribution is -0.0328. The number of alkyl halides is 3. The molecule has 0 saturated carbocycles. The molecule has 0 fully saturated rings. The third-order valence-corrected chi connectivity index (χ3v) is 3.82. The first-order valence-electron chi connectivity index (χ1n) is 6.96. The van der Waals surface area contributed by atoms with E-state index in [0.717, 1.165) is 6.42 Å². The Morgan fingerprint density at radius 3 is 2.43 bits per heavy atom. The predicted molar refractivity (Wildman–Crippen MR) is 80.2 cm³/mol. The van der Waals surface area contributed by atoms with Crippen molar-refractivity contribution in [2.24, 2.45) is 0 Å². The number of aromatic nitrogens is 3. The van der Waals surface area contributed by atoms with Gasteiger partial charge in [-0.3, -0.25) is 4.57 Å². The molecule has 0 saturated heterocycles. The molecule has 0 radical (unpaired) electrons. The number of thioether (sulfide) groups is 1. The van der Waals surface area contributed by atoms with Crippen LogP contribution >= 0.6 is 11.8 Å². The minimum atomic E-state index is -4.33. The molecule has 23 heavy (non-hydrogen) atoms. The number of aliphatic hydroxyl groups excluding tert-OH is 1. The predicted octanol–water partition coefficient (Wildman–Crippen LogP) is 2.61. The van der Waals surface area contributed by atoms with Crippen LogP contribution in [0, 0.1) is 0 Å². The molecule has 0 bridgehead atoms. The molecule has 9 heteroatoms. The molecule has 0 unspecified atom stereocenters. The van der Waals surface area contributed by atoms with Gasteiger partial charge in [-0.25, -0.2) is 9.48 Å². The summed E-state index contributed by atoms with van der Waals surface area (Å²) in [6, 6.07) is 5.76. The summed E-state index contributed by atoms with van der Waals surface area (Å²) >= 11 is -0.186. The number of nitrogens with zero attached hydrogens (tertiary/aromatic N) is 3. The Morgan fingerprint density at radius 1 is 1.26 bits per heavy atom. The molecule has 0 aliphatic carbocycles. The Hall–Kier alpha value is -1.74. The van der Waals surface area contributed by atoms with Gasteiger partial charge >= 0.3 is 11.2 Å². The fraction of sp³-hybridized carbons (Fsp3) is 0.429. The van der Waals surface area contributed by atoms with Crippen molar-refractivity contribution in [1.29, 1.82) is 0 Å². The van der Waals surface area contributed by atoms with Gasteiger partial charge in [-0.05, 0) is 35.9 Å². The smallest absolute Gasteiger partial charge is 0.388 e. The van der Waals surface area contributed by atoms with Crippen LogP contribution in [0.1, 0.15) is 24.7 Å². The van der Waals surface area contributed by atoms with Gasteiger partial charge in [0.15, 0.2) is 5.82 Å². The van der Waals surface area contributed by atoms with Gasteiger partial charge in [0.1, 0.15) is 6.61 Å². The van der Waals surface area contributed by atoms with Crippen LogP contribution in [-0.4, -0.2) is 25.0 Å². The Morgan fingerprint density at radius 2 is 1.91 bits per heavy atom. The molecular weight excluding hydrogens is 331 g/mol. The quantitative estimate of drug-likeness (QED) is 0.816. The van der Waals surface area contributed by atoms with E-state index in [0.29, 0.717) is 12.1 Å². The highest BCUT2D eigenvalue weighted by Crippen LogP contribution is 2.36. The minimum absolute atomic E-state index is 0.0844. The lowest BCUT2D eigenvalue weighted by Crippen LogP contribution is -2.25. The van der Waals surface area contributed by atoms with E-state index in [2.05, 4.69) is 5.10 Å². The van der Waals surface area contributed by atoms with E-state index in [1.54, 1.807) is 0 Å². The van der Waals surface area contributed by atoms with Gasteiger partial charge in [0, 0.05) is 11.4 Å². The van der Waals surface area contributed by atoms with E-state index in [4.69, 9.17) is 0 Å². The highest BCUT2D eigenvalue weighted by molar-refractivity contribution is 8.00. The van der Waals surface area contributed by atoms with Crippen molar-refractivity contribution in [2.45, 2.75) is 43.4 Å². The molecule has 0 aliphatic rings. The second-order valence-electron chi connectivity index (χ2n) is 4.86. The van der Waals surface area contributed by atoms with Crippen LogP contribution in [0.5, 0.6) is 0 Å². The van der Waals surface area contributed by atoms with Gasteiger partial charge in [-0.1, -0.05) is 19.1 Å². The molecule has 0 spiro atoms. The summed E-state index contributed by atoms with van der Waals surface area (Å²) in [6.07, 6.45) is 0.724. The van der Waals surface area contributed by atoms with Gasteiger partial charge in [0.25, 0.3) is 0 Å². The Kier molecular flexibility index (Phi) is 5.53. The topological polar surface area (TPSA) is 60.0 Å². The number of aliphatic hydroxyl groups is 1. The average Bonchev–Trinajstić information content (AvgIpc) is 2.77. The number of hydrogen-bond donors (Lipinski definition) is 1. The molecule has 0 amide bonds. The number of rotatable bonds is 6. The number of halogens is 3. The maximum absolute atomic E-state index is 12.3. The number of hydrogen-bond acceptors (Lipinski definition) is 4. The zero-order valence-corrected chi connectivity index (χ0v) is 13.2. The average molecular weight is 347 g/mol. The van der Waals surface area contributed by atoms with Crippen LogP contribution in [0.25, 0.3) is 0 Å². The second-order valence-corrected chi connectivity index (χ2v) is 6.00. The van der Waals surface area contributed by atoms with Gasteiger partial charge in [0.2, 0.25) is 0 Å². The molecule has 0 aliphatic heterocycles. The Balaban J connectivity index is 2.18. The lowest BCUT2D eigenvalue weighted by atomic mass is 10.2. The van der Waals surface area contributed by atoms with Crippen LogP contribution in [0.15, 0.2) is 34.0 Å². The molecule has 0 atom stereocenters. The summed E-state index contributed by atoms with van der Waals surface area (Å²) < 4.78 is 39.4. The Bertz CT molecular complexity index is 708. The minimum Gasteiger partial charge on any atom is -0.388 e. The zero-order chi connectivity index (χ0) is 17.0. The van der Waals surface area contributed by atoms with Crippen molar-refractivity contribution in [1.82, 2.24) is 14.3 Å². The van der Waals surface area contributed by atoms with Gasteiger partial charge in [0.05, 0.1) is 6.54 Å². The summed E-state index contributed by atoms with van der Waals surface area (Å²) in [4.78, 5) is 12.3. The Labute approximate surface area is 134 Å². The van der Waals surface area contributed by atoms with Crippen molar-refractivity contribution in [3.8, 4) is 0 Å². The van der Waals surface area contributed by atoms with Crippen molar-refractivity contribution in [2.75, 3.05) is 0 Å². The van der Waals surface area contributed by atoms with Crippen molar-refractivity contribution < 1.29 is 18.3 Å². The van der Waals surface area contributed by atoms with E-state index in [9.17, 15) is 23.1 Å². The molecule has 2 aromatic rings. The number of benzene rings is 1. The van der Waals surface area contributed by atoms with E-state index in [1.165, 1.54) is 33.5 Å². The van der Waals surface area contributed by atoms with Crippen molar-refractivity contribution in [3.05, 3.63) is 46.1 Å². The van der Waals surface area contributed by atoms with Crippen LogP contribution in [0.2, 0.25) is 0 Å². The summed E-state index contributed by atoms with van der Waals surface area (Å²) in [6.45, 7) is 2.15. The second kappa shape index (κ2) is 7.22. The summed E-state index contributed by atoms with van der Waals surface area (Å²) in [5, 5.41) is 13.3. The fourth-order valence-electron chi connectivity index (χ4n) is 2.12. The molecule has 2 rings (SSSR count). The van der Waals surface area contributed by atoms with Crippen LogP contribution < -0.4 is 5.69 Å². The zero-order valence-electron chi connectivity index (χ0n) is 12.4. The highest BCUT2D eigenvalue weighted by atomic mass is 32.2. The molecule has 126 valence electrons. The SMILES string of the molecule is CCCn1c(CO)nn(Cc2ccc(SC(F)(F)F)cc2)c1=O. The van der Waals surface area contributed by atoms with E-state index in [-0.39, 0.29) is 41.3 Å². The fourth-order valence-corrected chi connectivity index (χ4v) is 2.66. The van der Waals surface area contributed by atoms with Crippen LogP contribution in [0.4, 0.5) is 13.2 Å². The van der Waals surface area contributed by atoms with Gasteiger partial charge < -0.3 is 5.11 Å². The third-order valence-electron chi connectivity index (χ3n) is 3.08. The molecular formula is C14H16F3N3O2S. The van der Waals surface area contributed by atoms with Gasteiger partial charge in [-0.15, -0.1) is 0 Å². The standard InChI is InChI=1S/C14H16F3N3O2S/c1-2-7-19-12(9-21)18-20(13(19)22)8-10-3-5-11(6-4-10)23-14(15,16)17/h3-6,21H,2,7-9H2,1H3. The van der Waals surface area contributed by atoms with Crippen LogP contribution in [0.3, 0.4) is 0 Å². The lowest BCUT2D eigenvalue weighted by Gasteiger charge is -2.06. The van der Waals surface area contributed by atoms with Crippen LogP contribution in [-0.2, 0) is 19.7 Å². The maximum Gasteiger partial charge on any atom is 0.446 e. The summed E-state index contributed by atoms with van der Waals surface area (Å²) in [5.41, 5.74) is -4.01. The molecule has 1 N–H and O–H groups in total. The summed E-state index contributed by atoms with van der Waals surface area (Å²) in [5.74, 6) is 0.279. The van der Waals surface area contributed by atoms with Crippen molar-refractivity contribution >= 4 is 11.8 Å².